The van der Waals surface area contributed by atoms with Gasteiger partial charge >= 0.3 is 0 Å². The summed E-state index contributed by atoms with van der Waals surface area (Å²) >= 11 is 5.97. The van der Waals surface area contributed by atoms with Crippen molar-refractivity contribution in [2.24, 2.45) is 0 Å². The van der Waals surface area contributed by atoms with Gasteiger partial charge in [-0.15, -0.1) is 0 Å². The first kappa shape index (κ1) is 22.3. The summed E-state index contributed by atoms with van der Waals surface area (Å²) in [7, 11) is 3.59. The van der Waals surface area contributed by atoms with Gasteiger partial charge in [-0.1, -0.05) is 23.7 Å². The van der Waals surface area contributed by atoms with Crippen LogP contribution in [0, 0.1) is 10.1 Å². The Balaban J connectivity index is 2.23. The molecule has 3 rings (SSSR count). The minimum absolute atomic E-state index is 0.117. The number of Topliss-reactive ketones (excluding diaryl/α,β-unsaturated/α-hetero) is 1. The molecule has 162 valence electrons. The molecule has 31 heavy (non-hydrogen) atoms. The first-order valence-electron chi connectivity index (χ1n) is 9.28. The Bertz CT molecular complexity index is 1100. The van der Waals surface area contributed by atoms with Crippen molar-refractivity contribution in [2.75, 3.05) is 27.2 Å². The molecule has 1 unspecified atom stereocenters. The van der Waals surface area contributed by atoms with Crippen molar-refractivity contribution in [3.8, 4) is 5.75 Å². The van der Waals surface area contributed by atoms with Crippen LogP contribution in [0.25, 0.3) is 5.76 Å². The molecule has 1 aliphatic heterocycles. The van der Waals surface area contributed by atoms with Crippen LogP contribution in [0.5, 0.6) is 5.75 Å². The third-order valence-electron chi connectivity index (χ3n) is 4.94. The number of phenolic OH excluding ortho intramolecular Hbond substituents is 1. The van der Waals surface area contributed by atoms with E-state index in [4.69, 9.17) is 11.6 Å². The van der Waals surface area contributed by atoms with Gasteiger partial charge in [0.2, 0.25) is 0 Å². The monoisotopic (exact) mass is 445 g/mol. The number of benzene rings is 2. The molecule has 0 aromatic heterocycles. The number of amides is 1. The topological polar surface area (TPSA) is 124 Å². The number of rotatable bonds is 6. The highest BCUT2D eigenvalue weighted by molar-refractivity contribution is 6.46. The van der Waals surface area contributed by atoms with Gasteiger partial charge in [0.1, 0.15) is 11.5 Å². The molecule has 0 saturated carbocycles. The number of carbonyl (C=O) groups is 2. The van der Waals surface area contributed by atoms with Crippen LogP contribution in [-0.2, 0) is 9.59 Å². The molecule has 10 heteroatoms. The fourth-order valence-corrected chi connectivity index (χ4v) is 3.59. The molecular weight excluding hydrogens is 426 g/mol. The van der Waals surface area contributed by atoms with Crippen LogP contribution in [0.4, 0.5) is 5.69 Å². The van der Waals surface area contributed by atoms with Crippen molar-refractivity contribution in [3.63, 3.8) is 0 Å². The van der Waals surface area contributed by atoms with Crippen molar-refractivity contribution in [1.82, 2.24) is 9.80 Å². The first-order chi connectivity index (χ1) is 14.6. The van der Waals surface area contributed by atoms with E-state index < -0.39 is 28.4 Å². The fraction of sp³-hybridized carbons (Fsp3) is 0.238. The third kappa shape index (κ3) is 4.37. The Morgan fingerprint density at radius 2 is 1.94 bits per heavy atom. The van der Waals surface area contributed by atoms with E-state index in [1.165, 1.54) is 47.4 Å². The van der Waals surface area contributed by atoms with E-state index in [2.05, 4.69) is 0 Å². The maximum Gasteiger partial charge on any atom is 0.295 e. The zero-order valence-corrected chi connectivity index (χ0v) is 17.5. The van der Waals surface area contributed by atoms with Gasteiger partial charge in [0, 0.05) is 30.2 Å². The third-order valence-corrected chi connectivity index (χ3v) is 5.17. The summed E-state index contributed by atoms with van der Waals surface area (Å²) in [5.74, 6) is -2.74. The zero-order valence-electron chi connectivity index (χ0n) is 16.8. The number of aliphatic hydroxyl groups is 1. The van der Waals surface area contributed by atoms with Gasteiger partial charge in [-0.25, -0.2) is 0 Å². The summed E-state index contributed by atoms with van der Waals surface area (Å²) in [4.78, 5) is 39.5. The van der Waals surface area contributed by atoms with Gasteiger partial charge in [-0.05, 0) is 37.9 Å². The van der Waals surface area contributed by atoms with Crippen molar-refractivity contribution in [2.45, 2.75) is 6.04 Å². The molecule has 1 saturated heterocycles. The smallest absolute Gasteiger partial charge is 0.295 e. The number of likely N-dealkylation sites (N-methyl/N-ethyl adjacent to an activating group) is 1. The van der Waals surface area contributed by atoms with Crippen LogP contribution >= 0.6 is 11.6 Å². The molecule has 0 aliphatic carbocycles. The Hall–Kier alpha value is -3.43. The van der Waals surface area contributed by atoms with E-state index in [9.17, 15) is 29.9 Å². The van der Waals surface area contributed by atoms with Crippen molar-refractivity contribution >= 4 is 34.7 Å². The van der Waals surface area contributed by atoms with Crippen LogP contribution in [0.3, 0.4) is 0 Å². The molecule has 2 N–H and O–H groups in total. The van der Waals surface area contributed by atoms with E-state index in [-0.39, 0.29) is 39.7 Å². The first-order valence-corrected chi connectivity index (χ1v) is 9.66. The Morgan fingerprint density at radius 3 is 2.58 bits per heavy atom. The summed E-state index contributed by atoms with van der Waals surface area (Å²) in [6, 6.07) is 8.38. The lowest BCUT2D eigenvalue weighted by Crippen LogP contribution is -2.35. The van der Waals surface area contributed by atoms with Gasteiger partial charge < -0.3 is 20.0 Å². The lowest BCUT2D eigenvalue weighted by Gasteiger charge is -2.26. The molecular formula is C21H20ClN3O6. The van der Waals surface area contributed by atoms with Crippen LogP contribution in [-0.4, -0.2) is 63.8 Å². The quantitative estimate of drug-likeness (QED) is 0.230. The standard InChI is InChI=1S/C21H20ClN3O6/c1-23(2)8-9-24-18(12-4-3-5-14(10-12)25(30)31)17(20(28)21(24)29)19(27)15-11-13(22)6-7-16(15)26/h3-7,10-11,18,26-27H,8-9H2,1-2H3/b19-17+. The van der Waals surface area contributed by atoms with Gasteiger partial charge in [0.15, 0.2) is 0 Å². The number of non-ortho nitro benzene ring substituents is 1. The van der Waals surface area contributed by atoms with Crippen molar-refractivity contribution < 1.29 is 24.7 Å². The number of nitrogens with zero attached hydrogens (tertiary/aromatic N) is 3. The number of nitro groups is 1. The predicted molar refractivity (Wildman–Crippen MR) is 114 cm³/mol. The lowest BCUT2D eigenvalue weighted by atomic mass is 9.94. The van der Waals surface area contributed by atoms with Crippen LogP contribution in [0.2, 0.25) is 5.02 Å². The number of carbonyl (C=O) groups excluding carboxylic acids is 2. The zero-order chi connectivity index (χ0) is 22.9. The molecule has 0 bridgehead atoms. The fourth-order valence-electron chi connectivity index (χ4n) is 3.42. The number of hydrogen-bond acceptors (Lipinski definition) is 7. The predicted octanol–water partition coefficient (Wildman–Crippen LogP) is 2.94. The summed E-state index contributed by atoms with van der Waals surface area (Å²) in [6.07, 6.45) is 0. The average Bonchev–Trinajstić information content (AvgIpc) is 2.98. The average molecular weight is 446 g/mol. The largest absolute Gasteiger partial charge is 0.507 e. The number of hydrogen-bond donors (Lipinski definition) is 2. The number of phenols is 1. The second-order valence-electron chi connectivity index (χ2n) is 7.31. The highest BCUT2D eigenvalue weighted by atomic mass is 35.5. The minimum atomic E-state index is -1.07. The van der Waals surface area contributed by atoms with Gasteiger partial charge in [0.05, 0.1) is 22.1 Å². The molecule has 1 amide bonds. The minimum Gasteiger partial charge on any atom is -0.507 e. The summed E-state index contributed by atoms with van der Waals surface area (Å²) in [6.45, 7) is 0.560. The van der Waals surface area contributed by atoms with Gasteiger partial charge in [-0.2, -0.15) is 0 Å². The van der Waals surface area contributed by atoms with E-state index in [0.717, 1.165) is 0 Å². The maximum absolute atomic E-state index is 12.9. The molecule has 0 spiro atoms. The Morgan fingerprint density at radius 1 is 1.23 bits per heavy atom. The lowest BCUT2D eigenvalue weighted by molar-refractivity contribution is -0.384. The molecule has 0 radical (unpaired) electrons. The Kier molecular flexibility index (Phi) is 6.28. The van der Waals surface area contributed by atoms with E-state index in [1.807, 2.05) is 4.90 Å². The Labute approximate surface area is 182 Å². The number of aromatic hydroxyl groups is 1. The SMILES string of the molecule is CN(C)CCN1C(=O)C(=O)/C(=C(/O)c2cc(Cl)ccc2O)C1c1cccc([N+](=O)[O-])c1. The molecule has 9 nitrogen and oxygen atoms in total. The van der Waals surface area contributed by atoms with E-state index in [0.29, 0.717) is 6.54 Å². The number of aliphatic hydroxyl groups excluding tert-OH is 1. The molecule has 1 heterocycles. The van der Waals surface area contributed by atoms with Crippen LogP contribution in [0.15, 0.2) is 48.0 Å². The number of ketones is 1. The van der Waals surface area contributed by atoms with Crippen LogP contribution < -0.4 is 0 Å². The normalized spacial score (nSPS) is 18.1. The molecule has 1 fully saturated rings. The second kappa shape index (κ2) is 8.75. The second-order valence-corrected chi connectivity index (χ2v) is 7.75. The number of likely N-dealkylation sites (tertiary alicyclic amines) is 1. The van der Waals surface area contributed by atoms with Crippen LogP contribution in [0.1, 0.15) is 17.2 Å². The molecule has 1 atom stereocenters. The molecule has 2 aromatic carbocycles. The summed E-state index contributed by atoms with van der Waals surface area (Å²) in [5.41, 5.74) is -0.327. The van der Waals surface area contributed by atoms with E-state index in [1.54, 1.807) is 14.1 Å². The number of halogens is 1. The highest BCUT2D eigenvalue weighted by Gasteiger charge is 2.46. The van der Waals surface area contributed by atoms with Crippen molar-refractivity contribution in [1.29, 1.82) is 0 Å². The maximum atomic E-state index is 12.9. The molecule has 2 aromatic rings. The van der Waals surface area contributed by atoms with Gasteiger partial charge in [0.25, 0.3) is 17.4 Å². The highest BCUT2D eigenvalue weighted by Crippen LogP contribution is 2.41. The molecule has 1 aliphatic rings. The number of nitro benzene ring substituents is 1. The van der Waals surface area contributed by atoms with E-state index >= 15 is 0 Å². The van der Waals surface area contributed by atoms with Gasteiger partial charge in [-0.3, -0.25) is 19.7 Å². The summed E-state index contributed by atoms with van der Waals surface area (Å²) in [5, 5.41) is 32.6. The summed E-state index contributed by atoms with van der Waals surface area (Å²) < 4.78 is 0. The van der Waals surface area contributed by atoms with Crippen molar-refractivity contribution in [3.05, 3.63) is 74.3 Å².